The molecule has 8 aromatic carbocycles. The summed E-state index contributed by atoms with van der Waals surface area (Å²) in [5.74, 6) is 0. The molecule has 0 saturated carbocycles. The summed E-state index contributed by atoms with van der Waals surface area (Å²) in [5, 5.41) is 11.8. The Morgan fingerprint density at radius 1 is 0.417 bits per heavy atom. The standard InChI is InChI=1S/C46H32O2/c1-46(2,3)36-26-28-25-35(41-31-19-9-7-17-29(31)39(27-15-5-4-6-16-27)30-18-8-10-20-32(30)41)44-42(33-21-11-13-23-37(33)47-44)40(28)43-34-22-12-14-24-38(34)48-45(36)43/h4-26H,1-3H3. The molecule has 48 heavy (non-hydrogen) atoms. The Kier molecular flexibility index (Phi) is 5.58. The first-order chi connectivity index (χ1) is 23.5. The van der Waals surface area contributed by atoms with Crippen molar-refractivity contribution in [2.45, 2.75) is 26.2 Å². The molecule has 2 nitrogen and oxygen atoms in total. The maximum atomic E-state index is 6.96. The van der Waals surface area contributed by atoms with Crippen molar-refractivity contribution in [2.75, 3.05) is 0 Å². The van der Waals surface area contributed by atoms with Gasteiger partial charge in [0.15, 0.2) is 0 Å². The fourth-order valence-corrected chi connectivity index (χ4v) is 8.09. The molecule has 228 valence electrons. The van der Waals surface area contributed by atoms with E-state index in [2.05, 4.69) is 160 Å². The molecule has 10 aromatic rings. The summed E-state index contributed by atoms with van der Waals surface area (Å²) in [5.41, 5.74) is 9.50. The zero-order chi connectivity index (χ0) is 32.1. The molecule has 0 spiro atoms. The highest BCUT2D eigenvalue weighted by Crippen LogP contribution is 2.51. The molecule has 2 heterocycles. The Hall–Kier alpha value is -5.86. The molecule has 0 saturated heterocycles. The van der Waals surface area contributed by atoms with Gasteiger partial charge in [0, 0.05) is 43.6 Å². The van der Waals surface area contributed by atoms with Crippen LogP contribution >= 0.6 is 0 Å². The summed E-state index contributed by atoms with van der Waals surface area (Å²) in [6.07, 6.45) is 0. The van der Waals surface area contributed by atoms with Gasteiger partial charge < -0.3 is 8.83 Å². The first kappa shape index (κ1) is 27.3. The first-order valence-corrected chi connectivity index (χ1v) is 16.7. The monoisotopic (exact) mass is 616 g/mol. The van der Waals surface area contributed by atoms with Crippen LogP contribution in [-0.2, 0) is 5.41 Å². The highest BCUT2D eigenvalue weighted by atomic mass is 16.3. The molecular weight excluding hydrogens is 585 g/mol. The van der Waals surface area contributed by atoms with E-state index >= 15 is 0 Å². The lowest BCUT2D eigenvalue weighted by Gasteiger charge is -2.21. The number of furan rings is 2. The van der Waals surface area contributed by atoms with E-state index in [9.17, 15) is 0 Å². The van der Waals surface area contributed by atoms with Crippen LogP contribution in [0.3, 0.4) is 0 Å². The predicted octanol–water partition coefficient (Wildman–Crippen LogP) is 13.6. The van der Waals surface area contributed by atoms with Gasteiger partial charge in [0.05, 0.1) is 0 Å². The van der Waals surface area contributed by atoms with Crippen molar-refractivity contribution in [3.8, 4) is 22.3 Å². The zero-order valence-electron chi connectivity index (χ0n) is 27.1. The fourth-order valence-electron chi connectivity index (χ4n) is 8.09. The molecule has 0 fully saturated rings. The van der Waals surface area contributed by atoms with Crippen molar-refractivity contribution in [1.82, 2.24) is 0 Å². The second-order valence-corrected chi connectivity index (χ2v) is 14.0. The number of hydrogen-bond donors (Lipinski definition) is 0. The Labute approximate surface area is 277 Å². The molecule has 10 rings (SSSR count). The van der Waals surface area contributed by atoms with E-state index in [4.69, 9.17) is 8.83 Å². The molecule has 0 bridgehead atoms. The largest absolute Gasteiger partial charge is 0.456 e. The highest BCUT2D eigenvalue weighted by molar-refractivity contribution is 6.35. The average Bonchev–Trinajstić information content (AvgIpc) is 3.69. The van der Waals surface area contributed by atoms with Gasteiger partial charge in [-0.1, -0.05) is 136 Å². The second-order valence-electron chi connectivity index (χ2n) is 14.0. The lowest BCUT2D eigenvalue weighted by molar-refractivity contribution is 0.573. The van der Waals surface area contributed by atoms with Gasteiger partial charge in [0.2, 0.25) is 0 Å². The van der Waals surface area contributed by atoms with Crippen molar-refractivity contribution in [1.29, 1.82) is 0 Å². The summed E-state index contributed by atoms with van der Waals surface area (Å²) in [7, 11) is 0. The van der Waals surface area contributed by atoms with Crippen LogP contribution in [0.1, 0.15) is 26.3 Å². The fraction of sp³-hybridized carbons (Fsp3) is 0.0870. The Morgan fingerprint density at radius 2 is 0.875 bits per heavy atom. The summed E-state index contributed by atoms with van der Waals surface area (Å²) in [4.78, 5) is 0. The van der Waals surface area contributed by atoms with E-state index in [1.807, 2.05) is 0 Å². The van der Waals surface area contributed by atoms with Gasteiger partial charge in [0.1, 0.15) is 22.3 Å². The first-order valence-electron chi connectivity index (χ1n) is 16.7. The number of benzene rings is 8. The molecule has 0 aliphatic rings. The Bertz CT molecular complexity index is 2860. The van der Waals surface area contributed by atoms with Gasteiger partial charge in [-0.05, 0) is 67.7 Å². The highest BCUT2D eigenvalue weighted by Gasteiger charge is 2.27. The SMILES string of the molecule is CC(C)(C)c1cc2cc(-c3c4ccccc4c(-c4ccccc4)c4ccccc34)c3oc4ccccc4c3c2c2c1oc1ccccc12. The van der Waals surface area contributed by atoms with Crippen molar-refractivity contribution in [3.63, 3.8) is 0 Å². The van der Waals surface area contributed by atoms with E-state index in [1.165, 1.54) is 54.6 Å². The van der Waals surface area contributed by atoms with Gasteiger partial charge in [-0.15, -0.1) is 0 Å². The van der Waals surface area contributed by atoms with Gasteiger partial charge in [-0.3, -0.25) is 0 Å². The summed E-state index contributed by atoms with van der Waals surface area (Å²) in [6, 6.07) is 50.1. The van der Waals surface area contributed by atoms with Crippen LogP contribution in [0.2, 0.25) is 0 Å². The van der Waals surface area contributed by atoms with E-state index in [1.54, 1.807) is 0 Å². The quantitative estimate of drug-likeness (QED) is 0.181. The predicted molar refractivity (Wildman–Crippen MR) is 203 cm³/mol. The van der Waals surface area contributed by atoms with Gasteiger partial charge in [-0.2, -0.15) is 0 Å². The normalized spacial score (nSPS) is 12.5. The third-order valence-corrected chi connectivity index (χ3v) is 10.1. The topological polar surface area (TPSA) is 26.3 Å². The van der Waals surface area contributed by atoms with Gasteiger partial charge >= 0.3 is 0 Å². The molecule has 0 atom stereocenters. The van der Waals surface area contributed by atoms with Crippen molar-refractivity contribution >= 4 is 76.2 Å². The molecule has 0 aliphatic heterocycles. The summed E-state index contributed by atoms with van der Waals surface area (Å²) >= 11 is 0. The van der Waals surface area contributed by atoms with Crippen LogP contribution in [0, 0.1) is 0 Å². The Morgan fingerprint density at radius 3 is 1.44 bits per heavy atom. The minimum atomic E-state index is -0.134. The minimum absolute atomic E-state index is 0.134. The van der Waals surface area contributed by atoms with Crippen LogP contribution < -0.4 is 0 Å². The lowest BCUT2D eigenvalue weighted by Crippen LogP contribution is -2.11. The molecular formula is C46H32O2. The third-order valence-electron chi connectivity index (χ3n) is 10.1. The van der Waals surface area contributed by atoms with Gasteiger partial charge in [0.25, 0.3) is 0 Å². The summed E-state index contributed by atoms with van der Waals surface area (Å²) < 4.78 is 13.7. The molecule has 0 radical (unpaired) electrons. The zero-order valence-corrected chi connectivity index (χ0v) is 27.1. The van der Waals surface area contributed by atoms with Crippen LogP contribution in [0.5, 0.6) is 0 Å². The number of fused-ring (bicyclic) bond motifs is 11. The van der Waals surface area contributed by atoms with E-state index < -0.39 is 0 Å². The van der Waals surface area contributed by atoms with Crippen LogP contribution in [0.15, 0.2) is 148 Å². The molecule has 0 N–H and O–H groups in total. The van der Waals surface area contributed by atoms with Crippen molar-refractivity contribution in [3.05, 3.63) is 145 Å². The van der Waals surface area contributed by atoms with Gasteiger partial charge in [-0.25, -0.2) is 0 Å². The third kappa shape index (κ3) is 3.74. The van der Waals surface area contributed by atoms with E-state index in [0.717, 1.165) is 49.4 Å². The smallest absolute Gasteiger partial charge is 0.143 e. The van der Waals surface area contributed by atoms with E-state index in [-0.39, 0.29) is 5.41 Å². The molecule has 0 unspecified atom stereocenters. The maximum absolute atomic E-state index is 6.96. The number of rotatable bonds is 2. The number of para-hydroxylation sites is 2. The molecule has 0 amide bonds. The van der Waals surface area contributed by atoms with Crippen LogP contribution in [0.4, 0.5) is 0 Å². The van der Waals surface area contributed by atoms with Crippen molar-refractivity contribution in [2.24, 2.45) is 0 Å². The van der Waals surface area contributed by atoms with Crippen molar-refractivity contribution < 1.29 is 8.83 Å². The van der Waals surface area contributed by atoms with Crippen LogP contribution in [-0.4, -0.2) is 0 Å². The second kappa shape index (κ2) is 9.82. The molecule has 2 heteroatoms. The Balaban J connectivity index is 1.47. The average molecular weight is 617 g/mol. The van der Waals surface area contributed by atoms with Crippen LogP contribution in [0.25, 0.3) is 98.4 Å². The summed E-state index contributed by atoms with van der Waals surface area (Å²) in [6.45, 7) is 6.82. The molecule has 2 aromatic heterocycles. The maximum Gasteiger partial charge on any atom is 0.143 e. The van der Waals surface area contributed by atoms with E-state index in [0.29, 0.717) is 0 Å². The minimum Gasteiger partial charge on any atom is -0.456 e. The number of hydrogen-bond acceptors (Lipinski definition) is 2. The lowest BCUT2D eigenvalue weighted by atomic mass is 9.81. The molecule has 0 aliphatic carbocycles.